The topological polar surface area (TPSA) is 48.9 Å². The number of benzene rings is 1. The second-order valence-electron chi connectivity index (χ2n) is 6.46. The minimum atomic E-state index is 0. The van der Waals surface area contributed by atoms with Crippen molar-refractivity contribution in [1.82, 2.24) is 15.5 Å². The molecule has 1 fully saturated rings. The van der Waals surface area contributed by atoms with Gasteiger partial charge in [0.1, 0.15) is 0 Å². The van der Waals surface area contributed by atoms with Crippen LogP contribution in [0.2, 0.25) is 0 Å². The summed E-state index contributed by atoms with van der Waals surface area (Å²) in [6, 6.07) is 13.4. The Morgan fingerprint density at radius 2 is 1.93 bits per heavy atom. The molecule has 2 aromatic rings. The first-order valence-corrected chi connectivity index (χ1v) is 9.99. The summed E-state index contributed by atoms with van der Waals surface area (Å²) in [5.74, 6) is 0.837. The number of hydrogen-bond acceptors (Lipinski definition) is 4. The molecule has 1 aromatic heterocycles. The third-order valence-electron chi connectivity index (χ3n) is 4.65. The van der Waals surface area contributed by atoms with Crippen molar-refractivity contribution in [1.29, 1.82) is 0 Å². The van der Waals surface area contributed by atoms with Gasteiger partial charge in [-0.05, 0) is 23.9 Å². The Morgan fingerprint density at radius 1 is 1.19 bits per heavy atom. The van der Waals surface area contributed by atoms with E-state index in [2.05, 4.69) is 69.2 Å². The van der Waals surface area contributed by atoms with Crippen LogP contribution in [-0.2, 0) is 11.3 Å². The quantitative estimate of drug-likeness (QED) is 0.363. The number of guanidine groups is 1. The lowest BCUT2D eigenvalue weighted by atomic mass is 10.0. The van der Waals surface area contributed by atoms with Gasteiger partial charge in [-0.3, -0.25) is 9.89 Å². The van der Waals surface area contributed by atoms with E-state index in [9.17, 15) is 0 Å². The fraction of sp³-hybridized carbons (Fsp3) is 0.450. The van der Waals surface area contributed by atoms with Crippen LogP contribution >= 0.6 is 35.3 Å². The molecule has 1 aromatic carbocycles. The van der Waals surface area contributed by atoms with E-state index in [-0.39, 0.29) is 24.0 Å². The molecule has 1 aliphatic heterocycles. The third-order valence-corrected chi connectivity index (χ3v) is 5.52. The Bertz CT molecular complexity index is 685. The molecule has 1 saturated heterocycles. The van der Waals surface area contributed by atoms with E-state index >= 15 is 0 Å². The standard InChI is InChI=1S/C20H28N4OS.HI/c1-16-5-7-17(8-6-16)19(24-9-11-25-12-10-24)15-23-20(21-2)22-14-18-4-3-13-26-18;/h3-8,13,19H,9-12,14-15H2,1-2H3,(H2,21,22,23);1H. The Labute approximate surface area is 183 Å². The molecule has 5 nitrogen and oxygen atoms in total. The predicted molar refractivity (Wildman–Crippen MR) is 124 cm³/mol. The van der Waals surface area contributed by atoms with Crippen LogP contribution in [-0.4, -0.2) is 50.8 Å². The van der Waals surface area contributed by atoms with Crippen LogP contribution in [0.1, 0.15) is 22.0 Å². The number of morpholine rings is 1. The van der Waals surface area contributed by atoms with Gasteiger partial charge in [0, 0.05) is 31.6 Å². The van der Waals surface area contributed by atoms with Crippen molar-refractivity contribution in [2.24, 2.45) is 4.99 Å². The van der Waals surface area contributed by atoms with Crippen LogP contribution in [0.25, 0.3) is 0 Å². The average Bonchev–Trinajstić information content (AvgIpc) is 3.20. The van der Waals surface area contributed by atoms with Gasteiger partial charge in [0.05, 0.1) is 25.8 Å². The molecule has 1 unspecified atom stereocenters. The summed E-state index contributed by atoms with van der Waals surface area (Å²) in [6.45, 7) is 7.25. The maximum atomic E-state index is 5.53. The highest BCUT2D eigenvalue weighted by molar-refractivity contribution is 14.0. The number of nitrogens with zero attached hydrogens (tertiary/aromatic N) is 2. The van der Waals surface area contributed by atoms with E-state index in [1.54, 1.807) is 11.3 Å². The first-order chi connectivity index (χ1) is 12.8. The molecule has 0 radical (unpaired) electrons. The number of aryl methyl sites for hydroxylation is 1. The summed E-state index contributed by atoms with van der Waals surface area (Å²) < 4.78 is 5.53. The van der Waals surface area contributed by atoms with Crippen molar-refractivity contribution in [3.05, 3.63) is 57.8 Å². The van der Waals surface area contributed by atoms with Crippen molar-refractivity contribution in [3.8, 4) is 0 Å². The monoisotopic (exact) mass is 500 g/mol. The molecular formula is C20H29IN4OS. The highest BCUT2D eigenvalue weighted by Gasteiger charge is 2.22. The van der Waals surface area contributed by atoms with Crippen molar-refractivity contribution in [2.75, 3.05) is 39.9 Å². The molecule has 1 atom stereocenters. The lowest BCUT2D eigenvalue weighted by Crippen LogP contribution is -2.46. The normalized spacial score (nSPS) is 16.4. The summed E-state index contributed by atoms with van der Waals surface area (Å²) >= 11 is 1.75. The van der Waals surface area contributed by atoms with Gasteiger partial charge in [0.25, 0.3) is 0 Å². The van der Waals surface area contributed by atoms with Gasteiger partial charge in [-0.25, -0.2) is 0 Å². The maximum absolute atomic E-state index is 5.53. The molecule has 0 aliphatic carbocycles. The van der Waals surface area contributed by atoms with Crippen LogP contribution in [0, 0.1) is 6.92 Å². The first kappa shape index (κ1) is 22.1. The van der Waals surface area contributed by atoms with E-state index in [4.69, 9.17) is 4.74 Å². The molecule has 148 valence electrons. The number of hydrogen-bond donors (Lipinski definition) is 2. The number of nitrogens with one attached hydrogen (secondary N) is 2. The minimum Gasteiger partial charge on any atom is -0.379 e. The Hall–Kier alpha value is -1.16. The number of thiophene rings is 1. The molecule has 3 rings (SSSR count). The number of ether oxygens (including phenoxy) is 1. The molecular weight excluding hydrogens is 471 g/mol. The largest absolute Gasteiger partial charge is 0.379 e. The Kier molecular flexibility index (Phi) is 9.53. The van der Waals surface area contributed by atoms with Crippen molar-refractivity contribution < 1.29 is 4.74 Å². The van der Waals surface area contributed by atoms with Crippen molar-refractivity contribution in [2.45, 2.75) is 19.5 Å². The van der Waals surface area contributed by atoms with Crippen LogP contribution < -0.4 is 10.6 Å². The zero-order valence-electron chi connectivity index (χ0n) is 16.0. The van der Waals surface area contributed by atoms with E-state index in [0.29, 0.717) is 6.04 Å². The lowest BCUT2D eigenvalue weighted by Gasteiger charge is -2.35. The summed E-state index contributed by atoms with van der Waals surface area (Å²) in [5.41, 5.74) is 2.62. The SMILES string of the molecule is CN=C(NCc1cccs1)NCC(c1ccc(C)cc1)N1CCOCC1.I. The van der Waals surface area contributed by atoms with Gasteiger partial charge in [0.2, 0.25) is 0 Å². The van der Waals surface area contributed by atoms with E-state index in [1.165, 1.54) is 16.0 Å². The Balaban J connectivity index is 0.00000261. The summed E-state index contributed by atoms with van der Waals surface area (Å²) in [5, 5.41) is 9.00. The molecule has 0 bridgehead atoms. The Morgan fingerprint density at radius 3 is 2.56 bits per heavy atom. The average molecular weight is 500 g/mol. The molecule has 0 spiro atoms. The molecule has 2 N–H and O–H groups in total. The summed E-state index contributed by atoms with van der Waals surface area (Å²) in [6.07, 6.45) is 0. The fourth-order valence-electron chi connectivity index (χ4n) is 3.13. The first-order valence-electron chi connectivity index (χ1n) is 9.11. The molecule has 2 heterocycles. The second kappa shape index (κ2) is 11.6. The minimum absolute atomic E-state index is 0. The lowest BCUT2D eigenvalue weighted by molar-refractivity contribution is 0.0170. The highest BCUT2D eigenvalue weighted by Crippen LogP contribution is 2.21. The zero-order valence-corrected chi connectivity index (χ0v) is 19.1. The van der Waals surface area contributed by atoms with Gasteiger partial charge in [-0.15, -0.1) is 35.3 Å². The van der Waals surface area contributed by atoms with Gasteiger partial charge in [0.15, 0.2) is 5.96 Å². The fourth-order valence-corrected chi connectivity index (χ4v) is 3.78. The van der Waals surface area contributed by atoms with Crippen LogP contribution in [0.5, 0.6) is 0 Å². The number of rotatable bonds is 6. The molecule has 27 heavy (non-hydrogen) atoms. The van der Waals surface area contributed by atoms with E-state index in [1.807, 2.05) is 7.05 Å². The van der Waals surface area contributed by atoms with Crippen molar-refractivity contribution in [3.63, 3.8) is 0 Å². The van der Waals surface area contributed by atoms with E-state index in [0.717, 1.165) is 45.4 Å². The van der Waals surface area contributed by atoms with Crippen molar-refractivity contribution >= 4 is 41.3 Å². The van der Waals surface area contributed by atoms with Crippen LogP contribution in [0.4, 0.5) is 0 Å². The third kappa shape index (κ3) is 6.74. The van der Waals surface area contributed by atoms with Gasteiger partial charge in [-0.2, -0.15) is 0 Å². The number of halogens is 1. The molecule has 7 heteroatoms. The number of aliphatic imine (C=N–C) groups is 1. The molecule has 1 aliphatic rings. The summed E-state index contributed by atoms with van der Waals surface area (Å²) in [4.78, 5) is 8.16. The maximum Gasteiger partial charge on any atom is 0.191 e. The van der Waals surface area contributed by atoms with Crippen LogP contribution in [0.3, 0.4) is 0 Å². The van der Waals surface area contributed by atoms with Gasteiger partial charge < -0.3 is 15.4 Å². The molecule has 0 saturated carbocycles. The van der Waals surface area contributed by atoms with Crippen LogP contribution in [0.15, 0.2) is 46.8 Å². The van der Waals surface area contributed by atoms with Gasteiger partial charge in [-0.1, -0.05) is 35.9 Å². The predicted octanol–water partition coefficient (Wildman–Crippen LogP) is 3.41. The highest BCUT2D eigenvalue weighted by atomic mass is 127. The zero-order chi connectivity index (χ0) is 18.2. The van der Waals surface area contributed by atoms with Gasteiger partial charge >= 0.3 is 0 Å². The molecule has 0 amide bonds. The second-order valence-corrected chi connectivity index (χ2v) is 7.49. The summed E-state index contributed by atoms with van der Waals surface area (Å²) in [7, 11) is 1.82. The van der Waals surface area contributed by atoms with E-state index < -0.39 is 0 Å². The smallest absolute Gasteiger partial charge is 0.191 e.